The van der Waals surface area contributed by atoms with Gasteiger partial charge < -0.3 is 15.6 Å². The first-order valence-corrected chi connectivity index (χ1v) is 10.5. The fourth-order valence-corrected chi connectivity index (χ4v) is 3.94. The van der Waals surface area contributed by atoms with Crippen molar-refractivity contribution in [2.24, 2.45) is 0 Å². The van der Waals surface area contributed by atoms with Gasteiger partial charge >= 0.3 is 0 Å². The molecule has 2 aromatic carbocycles. The molecule has 0 atom stereocenters. The predicted molar refractivity (Wildman–Crippen MR) is 119 cm³/mol. The first kappa shape index (κ1) is 19.2. The zero-order valence-corrected chi connectivity index (χ0v) is 16.6. The van der Waals surface area contributed by atoms with E-state index < -0.39 is 5.91 Å². The molecule has 0 fully saturated rings. The highest BCUT2D eigenvalue weighted by Gasteiger charge is 2.14. The number of nitrogens with one attached hydrogen (secondary N) is 3. The van der Waals surface area contributed by atoms with E-state index in [0.29, 0.717) is 11.1 Å². The molecule has 29 heavy (non-hydrogen) atoms. The number of fused-ring (bicyclic) bond motifs is 2. The maximum Gasteiger partial charge on any atom is 0.261 e. The number of benzene rings is 2. The predicted octanol–water partition coefficient (Wildman–Crippen LogP) is 5.09. The second kappa shape index (κ2) is 8.95. The van der Waals surface area contributed by atoms with E-state index in [1.54, 1.807) is 12.1 Å². The van der Waals surface area contributed by atoms with Gasteiger partial charge in [0.25, 0.3) is 5.91 Å². The first-order valence-electron chi connectivity index (χ1n) is 10.5. The Balaban J connectivity index is 1.56. The molecule has 5 heteroatoms. The molecule has 0 saturated carbocycles. The Labute approximate surface area is 170 Å². The molecule has 0 spiro atoms. The molecule has 4 rings (SSSR count). The van der Waals surface area contributed by atoms with Crippen molar-refractivity contribution >= 4 is 28.2 Å². The van der Waals surface area contributed by atoms with Crippen molar-refractivity contribution in [1.29, 1.82) is 0 Å². The van der Waals surface area contributed by atoms with Crippen LogP contribution in [-0.2, 0) is 6.42 Å². The molecule has 1 aromatic heterocycles. The molecule has 0 radical (unpaired) electrons. The van der Waals surface area contributed by atoms with Crippen LogP contribution in [0.1, 0.15) is 54.4 Å². The number of pyridine rings is 1. The number of amides is 1. The quantitative estimate of drug-likeness (QED) is 0.572. The normalized spacial score (nSPS) is 15.0. The average molecular weight is 389 g/mol. The van der Waals surface area contributed by atoms with Gasteiger partial charge in [0.05, 0.1) is 0 Å². The Morgan fingerprint density at radius 1 is 0.931 bits per heavy atom. The van der Waals surface area contributed by atoms with Gasteiger partial charge in [-0.05, 0) is 49.1 Å². The van der Waals surface area contributed by atoms with E-state index in [-0.39, 0.29) is 11.0 Å². The lowest BCUT2D eigenvalue weighted by atomic mass is 10.0. The largest absolute Gasteiger partial charge is 0.385 e. The van der Waals surface area contributed by atoms with Crippen LogP contribution in [0.15, 0.2) is 53.5 Å². The summed E-state index contributed by atoms with van der Waals surface area (Å²) in [6, 6.07) is 13.2. The van der Waals surface area contributed by atoms with E-state index in [0.717, 1.165) is 30.6 Å². The van der Waals surface area contributed by atoms with Crippen LogP contribution >= 0.6 is 0 Å². The van der Waals surface area contributed by atoms with Gasteiger partial charge in [0.2, 0.25) is 5.43 Å². The van der Waals surface area contributed by atoms with Crippen molar-refractivity contribution in [2.45, 2.75) is 44.9 Å². The number of aromatic nitrogens is 1. The van der Waals surface area contributed by atoms with Gasteiger partial charge in [-0.25, -0.2) is 0 Å². The van der Waals surface area contributed by atoms with Crippen LogP contribution in [0.4, 0.5) is 11.4 Å². The number of carbonyl (C=O) groups is 1. The maximum atomic E-state index is 12.8. The molecule has 3 N–H and O–H groups in total. The summed E-state index contributed by atoms with van der Waals surface area (Å²) in [5, 5.41) is 6.94. The fourth-order valence-electron chi connectivity index (χ4n) is 3.94. The number of aryl methyl sites for hydroxylation is 1. The van der Waals surface area contributed by atoms with Gasteiger partial charge in [-0.2, -0.15) is 0 Å². The lowest BCUT2D eigenvalue weighted by Crippen LogP contribution is -2.22. The number of aromatic amines is 1. The summed E-state index contributed by atoms with van der Waals surface area (Å²) in [5.74, 6) is -0.395. The Hall–Kier alpha value is -3.08. The molecule has 0 aliphatic carbocycles. The number of hydrogen-bond acceptors (Lipinski definition) is 3. The molecule has 5 nitrogen and oxygen atoms in total. The van der Waals surface area contributed by atoms with E-state index in [2.05, 4.69) is 21.7 Å². The second-order valence-corrected chi connectivity index (χ2v) is 7.70. The third-order valence-corrected chi connectivity index (χ3v) is 5.59. The molecule has 1 aliphatic rings. The van der Waals surface area contributed by atoms with Crippen LogP contribution in [0.5, 0.6) is 0 Å². The Bertz CT molecular complexity index is 1070. The van der Waals surface area contributed by atoms with Gasteiger partial charge in [-0.1, -0.05) is 43.9 Å². The zero-order chi connectivity index (χ0) is 20.1. The summed E-state index contributed by atoms with van der Waals surface area (Å²) in [7, 11) is 0. The highest BCUT2D eigenvalue weighted by Crippen LogP contribution is 2.25. The van der Waals surface area contributed by atoms with Gasteiger partial charge in [-0.3, -0.25) is 9.59 Å². The smallest absolute Gasteiger partial charge is 0.261 e. The summed E-state index contributed by atoms with van der Waals surface area (Å²) in [6.45, 7) is 0.939. The number of rotatable bonds is 2. The summed E-state index contributed by atoms with van der Waals surface area (Å²) in [4.78, 5) is 28.5. The molecule has 2 heterocycles. The average Bonchev–Trinajstić information content (AvgIpc) is 2.79. The number of anilines is 2. The van der Waals surface area contributed by atoms with Crippen molar-refractivity contribution in [1.82, 2.24) is 4.98 Å². The van der Waals surface area contributed by atoms with Crippen LogP contribution in [-0.4, -0.2) is 17.4 Å². The molecule has 3 aromatic rings. The minimum Gasteiger partial charge on any atom is -0.385 e. The molecule has 0 unspecified atom stereocenters. The van der Waals surface area contributed by atoms with Crippen molar-refractivity contribution in [3.8, 4) is 0 Å². The Morgan fingerprint density at radius 2 is 1.72 bits per heavy atom. The van der Waals surface area contributed by atoms with Gasteiger partial charge in [0.1, 0.15) is 5.56 Å². The lowest BCUT2D eigenvalue weighted by Gasteiger charge is -2.14. The van der Waals surface area contributed by atoms with Crippen molar-refractivity contribution < 1.29 is 4.79 Å². The topological polar surface area (TPSA) is 74.0 Å². The summed E-state index contributed by atoms with van der Waals surface area (Å²) < 4.78 is 0. The number of carbonyl (C=O) groups excluding carboxylic acids is 1. The van der Waals surface area contributed by atoms with Gasteiger partial charge in [0, 0.05) is 35.0 Å². The minimum absolute atomic E-state index is 0.119. The van der Waals surface area contributed by atoms with Gasteiger partial charge in [0.15, 0.2) is 0 Å². The standard InChI is InChI=1S/C24H27N3O2/c28-23-19-10-6-7-11-21(19)26-16-20(23)24(29)27-18-13-12-17-9-5-3-1-2-4-8-14-25-22(17)15-18/h6-7,10-13,15-16,25H,1-5,8-9,14H2,(H,26,28)(H,27,29). The van der Waals surface area contributed by atoms with Crippen LogP contribution in [0.2, 0.25) is 0 Å². The SMILES string of the molecule is O=C(Nc1ccc2c(c1)NCCCCCCCC2)c1c[nH]c2ccccc2c1=O. The summed E-state index contributed by atoms with van der Waals surface area (Å²) in [6.07, 6.45) is 10.0. The third-order valence-electron chi connectivity index (χ3n) is 5.59. The van der Waals surface area contributed by atoms with Crippen LogP contribution in [0, 0.1) is 0 Å². The third kappa shape index (κ3) is 4.50. The van der Waals surface area contributed by atoms with Crippen molar-refractivity contribution in [3.63, 3.8) is 0 Å². The number of para-hydroxylation sites is 1. The highest BCUT2D eigenvalue weighted by atomic mass is 16.2. The van der Waals surface area contributed by atoms with E-state index in [4.69, 9.17) is 0 Å². The van der Waals surface area contributed by atoms with Crippen molar-refractivity contribution in [3.05, 3.63) is 70.0 Å². The Morgan fingerprint density at radius 3 is 2.62 bits per heavy atom. The molecule has 150 valence electrons. The van der Waals surface area contributed by atoms with E-state index in [1.807, 2.05) is 24.3 Å². The van der Waals surface area contributed by atoms with Crippen LogP contribution in [0.25, 0.3) is 10.9 Å². The molecular formula is C24H27N3O2. The second-order valence-electron chi connectivity index (χ2n) is 7.70. The number of hydrogen-bond donors (Lipinski definition) is 3. The highest BCUT2D eigenvalue weighted by molar-refractivity contribution is 6.05. The molecule has 0 saturated heterocycles. The number of H-pyrrole nitrogens is 1. The van der Waals surface area contributed by atoms with E-state index in [9.17, 15) is 9.59 Å². The van der Waals surface area contributed by atoms with Crippen molar-refractivity contribution in [2.75, 3.05) is 17.2 Å². The summed E-state index contributed by atoms with van der Waals surface area (Å²) >= 11 is 0. The van der Waals surface area contributed by atoms with E-state index in [1.165, 1.54) is 43.9 Å². The monoisotopic (exact) mass is 389 g/mol. The van der Waals surface area contributed by atoms with Crippen LogP contribution < -0.4 is 16.1 Å². The van der Waals surface area contributed by atoms with E-state index >= 15 is 0 Å². The van der Waals surface area contributed by atoms with Crippen LogP contribution in [0.3, 0.4) is 0 Å². The molecule has 1 amide bonds. The first-order chi connectivity index (χ1) is 14.2. The lowest BCUT2D eigenvalue weighted by molar-refractivity contribution is 0.102. The molecular weight excluding hydrogens is 362 g/mol. The zero-order valence-electron chi connectivity index (χ0n) is 16.6. The summed E-state index contributed by atoms with van der Waals surface area (Å²) in [5.41, 5.74) is 3.65. The maximum absolute atomic E-state index is 12.8. The molecule has 1 aliphatic heterocycles. The fraction of sp³-hybridized carbons (Fsp3) is 0.333. The molecule has 0 bridgehead atoms. The Kier molecular flexibility index (Phi) is 5.94. The van der Waals surface area contributed by atoms with Gasteiger partial charge in [-0.15, -0.1) is 0 Å². The minimum atomic E-state index is -0.395.